The predicted octanol–water partition coefficient (Wildman–Crippen LogP) is 2.32. The van der Waals surface area contributed by atoms with Crippen molar-refractivity contribution in [3.8, 4) is 0 Å². The van der Waals surface area contributed by atoms with Gasteiger partial charge in [-0.05, 0) is 30.7 Å². The maximum absolute atomic E-state index is 12.8. The zero-order chi connectivity index (χ0) is 16.9. The number of ether oxygens (including phenoxy) is 1. The van der Waals surface area contributed by atoms with Crippen LogP contribution in [0.3, 0.4) is 0 Å². The molecule has 2 aliphatic rings. The van der Waals surface area contributed by atoms with Gasteiger partial charge < -0.3 is 19.6 Å². The number of likely N-dealkylation sites (tertiary alicyclic amines) is 1. The van der Waals surface area contributed by atoms with Gasteiger partial charge in [-0.1, -0.05) is 30.3 Å². The first-order chi connectivity index (χ1) is 11.7. The van der Waals surface area contributed by atoms with Gasteiger partial charge in [0.25, 0.3) is 0 Å². The fraction of sp³-hybridized carbons (Fsp3) is 0.632. The molecule has 1 aromatic carbocycles. The average Bonchev–Trinajstić information content (AvgIpc) is 2.67. The molecule has 3 rings (SSSR count). The monoisotopic (exact) mass is 332 g/mol. The van der Waals surface area contributed by atoms with Crippen LogP contribution >= 0.6 is 0 Å². The van der Waals surface area contributed by atoms with Crippen molar-refractivity contribution in [2.45, 2.75) is 31.2 Å². The molecule has 2 saturated heterocycles. The third-order valence-electron chi connectivity index (χ3n) is 5.51. The number of urea groups is 1. The van der Waals surface area contributed by atoms with Crippen LogP contribution in [0.15, 0.2) is 30.3 Å². The van der Waals surface area contributed by atoms with Gasteiger partial charge >= 0.3 is 6.03 Å². The molecule has 0 spiro atoms. The molecule has 0 aliphatic carbocycles. The molecular formula is C19H28N2O3. The van der Waals surface area contributed by atoms with E-state index in [1.54, 1.807) is 0 Å². The number of carbonyl (C=O) groups excluding carboxylic acids is 1. The highest BCUT2D eigenvalue weighted by atomic mass is 16.5. The SMILES string of the molecule is CN(C(=O)N1CC[C@@H](c2ccccc2)[C@@H](CO)C1)C1CCOCC1. The Balaban J connectivity index is 1.63. The van der Waals surface area contributed by atoms with Crippen LogP contribution in [0.2, 0.25) is 0 Å². The minimum atomic E-state index is 0.0897. The number of piperidine rings is 1. The second-order valence-corrected chi connectivity index (χ2v) is 6.93. The summed E-state index contributed by atoms with van der Waals surface area (Å²) in [5.74, 6) is 0.432. The van der Waals surface area contributed by atoms with Crippen molar-refractivity contribution in [3.05, 3.63) is 35.9 Å². The fourth-order valence-corrected chi connectivity index (χ4v) is 3.98. The normalized spacial score (nSPS) is 25.5. The maximum atomic E-state index is 12.8. The van der Waals surface area contributed by atoms with Crippen LogP contribution < -0.4 is 0 Å². The van der Waals surface area contributed by atoms with E-state index in [1.807, 2.05) is 35.0 Å². The van der Waals surface area contributed by atoms with Crippen molar-refractivity contribution in [2.75, 3.05) is 40.0 Å². The first kappa shape index (κ1) is 17.2. The molecule has 2 aliphatic heterocycles. The highest BCUT2D eigenvalue weighted by Crippen LogP contribution is 2.33. The lowest BCUT2D eigenvalue weighted by Gasteiger charge is -2.41. The van der Waals surface area contributed by atoms with Crippen molar-refractivity contribution >= 4 is 6.03 Å². The second kappa shape index (κ2) is 7.99. The van der Waals surface area contributed by atoms with Crippen molar-refractivity contribution in [1.82, 2.24) is 9.80 Å². The molecule has 0 aromatic heterocycles. The van der Waals surface area contributed by atoms with Crippen LogP contribution in [0.25, 0.3) is 0 Å². The summed E-state index contributed by atoms with van der Waals surface area (Å²) in [6.07, 6.45) is 2.72. The first-order valence-corrected chi connectivity index (χ1v) is 8.96. The largest absolute Gasteiger partial charge is 0.396 e. The molecule has 0 bridgehead atoms. The molecule has 2 atom stereocenters. The first-order valence-electron chi connectivity index (χ1n) is 8.96. The van der Waals surface area contributed by atoms with Crippen LogP contribution in [-0.4, -0.2) is 66.9 Å². The number of aliphatic hydroxyl groups excluding tert-OH is 1. The molecule has 2 heterocycles. The summed E-state index contributed by atoms with van der Waals surface area (Å²) in [6.45, 7) is 2.96. The molecular weight excluding hydrogens is 304 g/mol. The van der Waals surface area contributed by atoms with Crippen LogP contribution in [0.4, 0.5) is 4.79 Å². The van der Waals surface area contributed by atoms with Crippen LogP contribution in [0.5, 0.6) is 0 Å². The molecule has 2 amide bonds. The summed E-state index contributed by atoms with van der Waals surface area (Å²) in [5.41, 5.74) is 1.27. The lowest BCUT2D eigenvalue weighted by Crippen LogP contribution is -2.52. The molecule has 5 heteroatoms. The highest BCUT2D eigenvalue weighted by molar-refractivity contribution is 5.74. The van der Waals surface area contributed by atoms with Crippen LogP contribution in [0, 0.1) is 5.92 Å². The molecule has 24 heavy (non-hydrogen) atoms. The average molecular weight is 332 g/mol. The number of nitrogens with zero attached hydrogens (tertiary/aromatic N) is 2. The molecule has 0 radical (unpaired) electrons. The molecule has 0 unspecified atom stereocenters. The van der Waals surface area contributed by atoms with E-state index in [2.05, 4.69) is 12.1 Å². The van der Waals surface area contributed by atoms with Crippen molar-refractivity contribution < 1.29 is 14.6 Å². The lowest BCUT2D eigenvalue weighted by atomic mass is 9.81. The minimum Gasteiger partial charge on any atom is -0.396 e. The zero-order valence-corrected chi connectivity index (χ0v) is 14.4. The van der Waals surface area contributed by atoms with Crippen LogP contribution in [0.1, 0.15) is 30.7 Å². The molecule has 0 saturated carbocycles. The van der Waals surface area contributed by atoms with E-state index in [1.165, 1.54) is 5.56 Å². The lowest BCUT2D eigenvalue weighted by molar-refractivity contribution is 0.0402. The van der Waals surface area contributed by atoms with Crippen molar-refractivity contribution in [3.63, 3.8) is 0 Å². The Labute approximate surface area is 144 Å². The number of hydrogen-bond donors (Lipinski definition) is 1. The Morgan fingerprint density at radius 1 is 1.25 bits per heavy atom. The van der Waals surface area contributed by atoms with Crippen LogP contribution in [-0.2, 0) is 4.74 Å². The third-order valence-corrected chi connectivity index (χ3v) is 5.51. The number of carbonyl (C=O) groups is 1. The quantitative estimate of drug-likeness (QED) is 0.924. The van der Waals surface area contributed by atoms with Gasteiger partial charge in [0.05, 0.1) is 0 Å². The molecule has 5 nitrogen and oxygen atoms in total. The summed E-state index contributed by atoms with van der Waals surface area (Å²) in [7, 11) is 1.90. The Morgan fingerprint density at radius 2 is 1.96 bits per heavy atom. The van der Waals surface area contributed by atoms with E-state index in [9.17, 15) is 9.90 Å². The summed E-state index contributed by atoms with van der Waals surface area (Å²) in [6, 6.07) is 10.7. The van der Waals surface area contributed by atoms with Gasteiger partial charge in [-0.25, -0.2) is 4.79 Å². The van der Waals surface area contributed by atoms with Gasteiger partial charge in [0.1, 0.15) is 0 Å². The Kier molecular flexibility index (Phi) is 5.74. The Morgan fingerprint density at radius 3 is 2.62 bits per heavy atom. The Hall–Kier alpha value is -1.59. The van der Waals surface area contributed by atoms with E-state index in [0.717, 1.165) is 39.0 Å². The third kappa shape index (κ3) is 3.73. The fourth-order valence-electron chi connectivity index (χ4n) is 3.98. The van der Waals surface area contributed by atoms with Crippen molar-refractivity contribution in [2.24, 2.45) is 5.92 Å². The zero-order valence-electron chi connectivity index (χ0n) is 14.4. The summed E-state index contributed by atoms with van der Waals surface area (Å²) in [5, 5.41) is 9.84. The van der Waals surface area contributed by atoms with E-state index in [4.69, 9.17) is 4.74 Å². The number of benzene rings is 1. The van der Waals surface area contributed by atoms with E-state index < -0.39 is 0 Å². The number of rotatable bonds is 3. The van der Waals surface area contributed by atoms with Gasteiger partial charge in [0.15, 0.2) is 0 Å². The predicted molar refractivity (Wildman–Crippen MR) is 92.9 cm³/mol. The Bertz CT molecular complexity index is 531. The van der Waals surface area contributed by atoms with Gasteiger partial charge in [-0.15, -0.1) is 0 Å². The van der Waals surface area contributed by atoms with Crippen molar-refractivity contribution in [1.29, 1.82) is 0 Å². The summed E-state index contributed by atoms with van der Waals surface area (Å²) >= 11 is 0. The summed E-state index contributed by atoms with van der Waals surface area (Å²) < 4.78 is 5.39. The molecule has 1 N–H and O–H groups in total. The summed E-state index contributed by atoms with van der Waals surface area (Å²) in [4.78, 5) is 16.6. The second-order valence-electron chi connectivity index (χ2n) is 6.93. The van der Waals surface area contributed by atoms with Gasteiger partial charge in [-0.3, -0.25) is 0 Å². The number of hydrogen-bond acceptors (Lipinski definition) is 3. The highest BCUT2D eigenvalue weighted by Gasteiger charge is 2.34. The van der Waals surface area contributed by atoms with E-state index in [-0.39, 0.29) is 24.6 Å². The number of amides is 2. The van der Waals surface area contributed by atoms with E-state index in [0.29, 0.717) is 12.5 Å². The van der Waals surface area contributed by atoms with E-state index >= 15 is 0 Å². The molecule has 2 fully saturated rings. The molecule has 132 valence electrons. The maximum Gasteiger partial charge on any atom is 0.320 e. The molecule has 1 aromatic rings. The van der Waals surface area contributed by atoms with Gasteiger partial charge in [0, 0.05) is 51.9 Å². The number of aliphatic hydroxyl groups is 1. The van der Waals surface area contributed by atoms with Gasteiger partial charge in [-0.2, -0.15) is 0 Å². The van der Waals surface area contributed by atoms with Gasteiger partial charge in [0.2, 0.25) is 0 Å². The smallest absolute Gasteiger partial charge is 0.320 e. The standard InChI is InChI=1S/C19H28N2O3/c1-20(17-8-11-24-12-9-17)19(23)21-10-7-18(16(13-21)14-22)15-5-3-2-4-6-15/h2-6,16-18,22H,7-14H2,1H3/t16-,18+/m1/s1. The minimum absolute atomic E-state index is 0.0897. The topological polar surface area (TPSA) is 53.0 Å².